The molecular formula is C30H28N2O4. The summed E-state index contributed by atoms with van der Waals surface area (Å²) in [5.41, 5.74) is 3.87. The van der Waals surface area contributed by atoms with Crippen LogP contribution in [0.4, 0.5) is 0 Å². The predicted molar refractivity (Wildman–Crippen MR) is 143 cm³/mol. The normalized spacial score (nSPS) is 11.1. The highest BCUT2D eigenvalue weighted by Crippen LogP contribution is 2.29. The molecule has 0 aromatic heterocycles. The molecule has 0 spiro atoms. The summed E-state index contributed by atoms with van der Waals surface area (Å²) in [5.74, 6) is 2.61. The quantitative estimate of drug-likeness (QED) is 0.186. The molecule has 6 heteroatoms. The van der Waals surface area contributed by atoms with E-state index < -0.39 is 0 Å². The zero-order chi connectivity index (χ0) is 25.0. The number of ether oxygens (including phenoxy) is 4. The van der Waals surface area contributed by atoms with Crippen LogP contribution in [0.25, 0.3) is 0 Å². The van der Waals surface area contributed by atoms with E-state index in [0.717, 1.165) is 22.3 Å². The maximum absolute atomic E-state index is 5.91. The van der Waals surface area contributed by atoms with Gasteiger partial charge in [0.15, 0.2) is 23.0 Å². The number of rotatable bonds is 11. The Hall–Kier alpha value is -4.58. The van der Waals surface area contributed by atoms with E-state index in [2.05, 4.69) is 10.2 Å². The van der Waals surface area contributed by atoms with Gasteiger partial charge in [-0.05, 0) is 58.7 Å². The third-order valence-corrected chi connectivity index (χ3v) is 5.33. The molecule has 0 aliphatic heterocycles. The van der Waals surface area contributed by atoms with Gasteiger partial charge in [-0.2, -0.15) is 10.2 Å². The van der Waals surface area contributed by atoms with Gasteiger partial charge in [-0.15, -0.1) is 0 Å². The molecule has 4 aromatic rings. The zero-order valence-electron chi connectivity index (χ0n) is 20.3. The van der Waals surface area contributed by atoms with Crippen molar-refractivity contribution in [1.82, 2.24) is 0 Å². The van der Waals surface area contributed by atoms with E-state index in [0.29, 0.717) is 36.2 Å². The molecule has 0 heterocycles. The molecule has 0 unspecified atom stereocenters. The molecule has 0 bridgehead atoms. The van der Waals surface area contributed by atoms with Crippen LogP contribution < -0.4 is 18.9 Å². The van der Waals surface area contributed by atoms with Crippen LogP contribution in [-0.2, 0) is 13.2 Å². The van der Waals surface area contributed by atoms with E-state index in [1.165, 1.54) is 0 Å². The fourth-order valence-electron chi connectivity index (χ4n) is 3.44. The zero-order valence-corrected chi connectivity index (χ0v) is 20.3. The summed E-state index contributed by atoms with van der Waals surface area (Å²) in [6.45, 7) is 0.933. The largest absolute Gasteiger partial charge is 0.493 e. The summed E-state index contributed by atoms with van der Waals surface area (Å²) in [6.07, 6.45) is 3.32. The van der Waals surface area contributed by atoms with Crippen molar-refractivity contribution in [3.05, 3.63) is 119 Å². The molecule has 0 amide bonds. The molecule has 0 fully saturated rings. The van der Waals surface area contributed by atoms with Crippen LogP contribution in [-0.4, -0.2) is 26.6 Å². The molecule has 0 saturated heterocycles. The van der Waals surface area contributed by atoms with Gasteiger partial charge >= 0.3 is 0 Å². The van der Waals surface area contributed by atoms with Gasteiger partial charge in [-0.3, -0.25) is 0 Å². The summed E-state index contributed by atoms with van der Waals surface area (Å²) in [4.78, 5) is 0. The van der Waals surface area contributed by atoms with E-state index in [1.54, 1.807) is 26.6 Å². The highest BCUT2D eigenvalue weighted by molar-refractivity contribution is 5.84. The Morgan fingerprint density at radius 3 is 1.33 bits per heavy atom. The Morgan fingerprint density at radius 1 is 0.528 bits per heavy atom. The second-order valence-corrected chi connectivity index (χ2v) is 7.86. The molecule has 6 nitrogen and oxygen atoms in total. The van der Waals surface area contributed by atoms with Crippen molar-refractivity contribution >= 4 is 12.4 Å². The molecule has 0 N–H and O–H groups in total. The molecule has 36 heavy (non-hydrogen) atoms. The fraction of sp³-hybridized carbons (Fsp3) is 0.133. The van der Waals surface area contributed by atoms with Crippen LogP contribution in [0.15, 0.2) is 107 Å². The Bertz CT molecular complexity index is 1200. The first-order valence-electron chi connectivity index (χ1n) is 11.5. The molecule has 4 aromatic carbocycles. The van der Waals surface area contributed by atoms with Crippen LogP contribution in [0, 0.1) is 0 Å². The summed E-state index contributed by atoms with van der Waals surface area (Å²) in [6, 6.07) is 31.3. The first-order chi connectivity index (χ1) is 17.7. The molecule has 182 valence electrons. The topological polar surface area (TPSA) is 61.6 Å². The van der Waals surface area contributed by atoms with Crippen LogP contribution in [0.3, 0.4) is 0 Å². The highest BCUT2D eigenvalue weighted by atomic mass is 16.5. The Labute approximate surface area is 211 Å². The van der Waals surface area contributed by atoms with E-state index in [4.69, 9.17) is 18.9 Å². The smallest absolute Gasteiger partial charge is 0.161 e. The molecule has 0 aliphatic carbocycles. The minimum atomic E-state index is 0.467. The second-order valence-electron chi connectivity index (χ2n) is 7.86. The van der Waals surface area contributed by atoms with Crippen LogP contribution in [0.2, 0.25) is 0 Å². The lowest BCUT2D eigenvalue weighted by molar-refractivity contribution is 0.284. The van der Waals surface area contributed by atoms with Crippen molar-refractivity contribution in [1.29, 1.82) is 0 Å². The standard InChI is InChI=1S/C30H28N2O4/c1-33-29-17-25(13-15-27(29)35-21-23-9-5-3-6-10-23)19-31-32-20-26-14-16-28(30(18-26)34-2)36-22-24-11-7-4-8-12-24/h3-20H,21-22H2,1-2H3/b31-19-,32-20+. The third kappa shape index (κ3) is 6.96. The maximum Gasteiger partial charge on any atom is 0.161 e. The number of methoxy groups -OCH3 is 2. The Kier molecular flexibility index (Phi) is 8.70. The van der Waals surface area contributed by atoms with Gasteiger partial charge in [0.1, 0.15) is 13.2 Å². The third-order valence-electron chi connectivity index (χ3n) is 5.33. The summed E-state index contributed by atoms with van der Waals surface area (Å²) in [7, 11) is 3.23. The molecule has 0 atom stereocenters. The molecule has 0 saturated carbocycles. The van der Waals surface area contributed by atoms with Crippen LogP contribution in [0.5, 0.6) is 23.0 Å². The summed E-state index contributed by atoms with van der Waals surface area (Å²) in [5, 5.41) is 8.33. The van der Waals surface area contributed by atoms with Crippen molar-refractivity contribution in [3.8, 4) is 23.0 Å². The van der Waals surface area contributed by atoms with Crippen molar-refractivity contribution < 1.29 is 18.9 Å². The summed E-state index contributed by atoms with van der Waals surface area (Å²) >= 11 is 0. The van der Waals surface area contributed by atoms with Gasteiger partial charge in [-0.25, -0.2) is 0 Å². The minimum absolute atomic E-state index is 0.467. The van der Waals surface area contributed by atoms with Gasteiger partial charge in [0.2, 0.25) is 0 Å². The van der Waals surface area contributed by atoms with Gasteiger partial charge in [-0.1, -0.05) is 60.7 Å². The lowest BCUT2D eigenvalue weighted by Gasteiger charge is -2.11. The lowest BCUT2D eigenvalue weighted by Crippen LogP contribution is -1.98. The van der Waals surface area contributed by atoms with E-state index in [-0.39, 0.29) is 0 Å². The number of hydrogen-bond acceptors (Lipinski definition) is 6. The number of hydrogen-bond donors (Lipinski definition) is 0. The van der Waals surface area contributed by atoms with Gasteiger partial charge < -0.3 is 18.9 Å². The van der Waals surface area contributed by atoms with Crippen LogP contribution in [0.1, 0.15) is 22.3 Å². The monoisotopic (exact) mass is 480 g/mol. The van der Waals surface area contributed by atoms with Crippen molar-refractivity contribution in [2.45, 2.75) is 13.2 Å². The van der Waals surface area contributed by atoms with Crippen molar-refractivity contribution in [3.63, 3.8) is 0 Å². The SMILES string of the molecule is COc1cc(/C=N\N=C\c2ccc(OCc3ccccc3)c(OC)c2)ccc1OCc1ccccc1. The van der Waals surface area contributed by atoms with E-state index in [1.807, 2.05) is 97.1 Å². The highest BCUT2D eigenvalue weighted by Gasteiger charge is 2.07. The molecular weight excluding hydrogens is 452 g/mol. The Balaban J connectivity index is 1.36. The first-order valence-corrected chi connectivity index (χ1v) is 11.5. The van der Waals surface area contributed by atoms with Gasteiger partial charge in [0.25, 0.3) is 0 Å². The summed E-state index contributed by atoms with van der Waals surface area (Å²) < 4.78 is 22.8. The predicted octanol–water partition coefficient (Wildman–Crippen LogP) is 6.31. The molecule has 0 aliphatic rings. The van der Waals surface area contributed by atoms with E-state index in [9.17, 15) is 0 Å². The van der Waals surface area contributed by atoms with E-state index >= 15 is 0 Å². The average Bonchev–Trinajstić information content (AvgIpc) is 2.94. The van der Waals surface area contributed by atoms with Gasteiger partial charge in [0, 0.05) is 0 Å². The minimum Gasteiger partial charge on any atom is -0.493 e. The van der Waals surface area contributed by atoms with Crippen LogP contribution >= 0.6 is 0 Å². The number of nitrogens with zero attached hydrogens (tertiary/aromatic N) is 2. The Morgan fingerprint density at radius 2 is 0.944 bits per heavy atom. The lowest BCUT2D eigenvalue weighted by atomic mass is 10.2. The average molecular weight is 481 g/mol. The molecule has 4 rings (SSSR count). The maximum atomic E-state index is 5.91. The van der Waals surface area contributed by atoms with Gasteiger partial charge in [0.05, 0.1) is 26.6 Å². The molecule has 0 radical (unpaired) electrons. The second kappa shape index (κ2) is 12.8. The fourth-order valence-corrected chi connectivity index (χ4v) is 3.44. The van der Waals surface area contributed by atoms with Crippen molar-refractivity contribution in [2.75, 3.05) is 14.2 Å². The van der Waals surface area contributed by atoms with Crippen molar-refractivity contribution in [2.24, 2.45) is 10.2 Å². The first kappa shape index (κ1) is 24.5. The number of benzene rings is 4.